The quantitative estimate of drug-likeness (QED) is 0.884. The Bertz CT molecular complexity index is 563. The molecule has 5 nitrogen and oxygen atoms in total. The molecular weight excluding hydrogens is 272 g/mol. The van der Waals surface area contributed by atoms with Crippen molar-refractivity contribution in [2.24, 2.45) is 0 Å². The number of aromatic nitrogens is 3. The number of aryl methyl sites for hydroxylation is 2. The zero-order chi connectivity index (χ0) is 13.8. The zero-order valence-electron chi connectivity index (χ0n) is 11.6. The van der Waals surface area contributed by atoms with E-state index < -0.39 is 0 Å². The molecule has 1 N–H and O–H groups in total. The fraction of sp³-hybridized carbons (Fsp3) is 0.500. The Hall–Kier alpha value is -1.53. The number of hydrogen-bond acceptors (Lipinski definition) is 6. The van der Waals surface area contributed by atoms with Crippen molar-refractivity contribution in [3.63, 3.8) is 0 Å². The molecule has 2 aromatic heterocycles. The van der Waals surface area contributed by atoms with E-state index in [-0.39, 0.29) is 0 Å². The predicted molar refractivity (Wildman–Crippen MR) is 79.1 cm³/mol. The van der Waals surface area contributed by atoms with Crippen LogP contribution < -0.4 is 5.32 Å². The highest BCUT2D eigenvalue weighted by Crippen LogP contribution is 2.27. The van der Waals surface area contributed by atoms with E-state index in [0.717, 1.165) is 30.9 Å². The average Bonchev–Trinajstić information content (AvgIpc) is 3.00. The van der Waals surface area contributed by atoms with Gasteiger partial charge >= 0.3 is 0 Å². The molecule has 3 rings (SSSR count). The summed E-state index contributed by atoms with van der Waals surface area (Å²) < 4.78 is 5.06. The maximum atomic E-state index is 5.06. The molecule has 20 heavy (non-hydrogen) atoms. The number of nitrogens with one attached hydrogen (secondary N) is 1. The zero-order valence-corrected chi connectivity index (χ0v) is 12.4. The number of rotatable bonds is 6. The van der Waals surface area contributed by atoms with Crippen LogP contribution in [0.4, 0.5) is 5.82 Å². The largest absolute Gasteiger partial charge is 0.378 e. The first kappa shape index (κ1) is 13.5. The maximum Gasteiger partial charge on any atom is 0.129 e. The van der Waals surface area contributed by atoms with Crippen LogP contribution in [0.1, 0.15) is 27.7 Å². The van der Waals surface area contributed by atoms with E-state index in [1.165, 1.54) is 28.4 Å². The van der Waals surface area contributed by atoms with Gasteiger partial charge in [0.1, 0.15) is 12.1 Å². The molecule has 0 aromatic carbocycles. The van der Waals surface area contributed by atoms with E-state index in [1.807, 2.05) is 17.4 Å². The molecule has 0 bridgehead atoms. The predicted octanol–water partition coefficient (Wildman–Crippen LogP) is 2.22. The first-order chi connectivity index (χ1) is 9.85. The minimum Gasteiger partial charge on any atom is -0.378 e. The second-order valence-electron chi connectivity index (χ2n) is 4.84. The summed E-state index contributed by atoms with van der Waals surface area (Å²) in [6, 6.07) is 1.92. The normalized spacial score (nSPS) is 13.4. The number of methoxy groups -OCH3 is 1. The SMILES string of the molecule is COCc1cc(NCCc2nc3c(s2)CCC3)ncn1. The fourth-order valence-corrected chi connectivity index (χ4v) is 3.53. The summed E-state index contributed by atoms with van der Waals surface area (Å²) in [5, 5.41) is 4.55. The molecular formula is C14H18N4OS. The molecule has 0 aliphatic heterocycles. The van der Waals surface area contributed by atoms with Crippen molar-refractivity contribution >= 4 is 17.2 Å². The number of anilines is 1. The lowest BCUT2D eigenvalue weighted by atomic mass is 10.3. The molecule has 0 fully saturated rings. The molecule has 0 radical (unpaired) electrons. The van der Waals surface area contributed by atoms with Crippen molar-refractivity contribution in [3.05, 3.63) is 33.7 Å². The highest BCUT2D eigenvalue weighted by molar-refractivity contribution is 7.11. The van der Waals surface area contributed by atoms with E-state index in [2.05, 4.69) is 15.3 Å². The van der Waals surface area contributed by atoms with Crippen LogP contribution in [0.5, 0.6) is 0 Å². The molecule has 2 heterocycles. The summed E-state index contributed by atoms with van der Waals surface area (Å²) in [5.74, 6) is 0.844. The van der Waals surface area contributed by atoms with Crippen molar-refractivity contribution in [3.8, 4) is 0 Å². The fourth-order valence-electron chi connectivity index (χ4n) is 2.37. The molecule has 0 amide bonds. The molecule has 0 saturated heterocycles. The van der Waals surface area contributed by atoms with Gasteiger partial charge < -0.3 is 10.1 Å². The van der Waals surface area contributed by atoms with Gasteiger partial charge in [0, 0.05) is 31.0 Å². The van der Waals surface area contributed by atoms with Crippen LogP contribution in [-0.2, 0) is 30.6 Å². The minimum absolute atomic E-state index is 0.510. The van der Waals surface area contributed by atoms with E-state index in [1.54, 1.807) is 13.4 Å². The third-order valence-electron chi connectivity index (χ3n) is 3.30. The average molecular weight is 290 g/mol. The number of nitrogens with zero attached hydrogens (tertiary/aromatic N) is 3. The van der Waals surface area contributed by atoms with Crippen molar-refractivity contribution in [2.45, 2.75) is 32.3 Å². The van der Waals surface area contributed by atoms with E-state index in [9.17, 15) is 0 Å². The van der Waals surface area contributed by atoms with E-state index >= 15 is 0 Å². The van der Waals surface area contributed by atoms with Crippen molar-refractivity contribution in [2.75, 3.05) is 19.0 Å². The standard InChI is InChI=1S/C14H18N4OS/c1-19-8-10-7-13(17-9-16-10)15-6-5-14-18-11-3-2-4-12(11)20-14/h7,9H,2-6,8H2,1H3,(H,15,16,17). The summed E-state index contributed by atoms with van der Waals surface area (Å²) in [5.41, 5.74) is 2.22. The molecule has 0 unspecified atom stereocenters. The van der Waals surface area contributed by atoms with Crippen LogP contribution in [0.3, 0.4) is 0 Å². The van der Waals surface area contributed by atoms with Gasteiger partial charge in [-0.05, 0) is 19.3 Å². The molecule has 106 valence electrons. The molecule has 0 saturated carbocycles. The van der Waals surface area contributed by atoms with Gasteiger partial charge in [0.05, 0.1) is 23.0 Å². The number of hydrogen-bond donors (Lipinski definition) is 1. The van der Waals surface area contributed by atoms with Gasteiger partial charge in [-0.3, -0.25) is 0 Å². The third kappa shape index (κ3) is 3.13. The molecule has 1 aliphatic carbocycles. The van der Waals surface area contributed by atoms with E-state index in [0.29, 0.717) is 6.61 Å². The second kappa shape index (κ2) is 6.28. The molecule has 0 atom stereocenters. The Morgan fingerprint density at radius 1 is 1.35 bits per heavy atom. The van der Waals surface area contributed by atoms with Crippen LogP contribution in [0.15, 0.2) is 12.4 Å². The van der Waals surface area contributed by atoms with Gasteiger partial charge in [-0.15, -0.1) is 11.3 Å². The Morgan fingerprint density at radius 3 is 3.15 bits per heavy atom. The lowest BCUT2D eigenvalue weighted by Crippen LogP contribution is -2.07. The highest BCUT2D eigenvalue weighted by Gasteiger charge is 2.16. The summed E-state index contributed by atoms with van der Waals surface area (Å²) in [4.78, 5) is 14.5. The first-order valence-electron chi connectivity index (χ1n) is 6.86. The van der Waals surface area contributed by atoms with E-state index in [4.69, 9.17) is 9.72 Å². The Kier molecular flexibility index (Phi) is 4.22. The Balaban J connectivity index is 1.52. The molecule has 0 spiro atoms. The molecule has 2 aromatic rings. The lowest BCUT2D eigenvalue weighted by Gasteiger charge is -2.05. The van der Waals surface area contributed by atoms with Crippen molar-refractivity contribution in [1.82, 2.24) is 15.0 Å². The number of thiazole rings is 1. The van der Waals surface area contributed by atoms with Crippen molar-refractivity contribution < 1.29 is 4.74 Å². The summed E-state index contributed by atoms with van der Waals surface area (Å²) in [6.07, 6.45) is 6.16. The van der Waals surface area contributed by atoms with Crippen molar-refractivity contribution in [1.29, 1.82) is 0 Å². The monoisotopic (exact) mass is 290 g/mol. The van der Waals surface area contributed by atoms with Gasteiger partial charge in [0.25, 0.3) is 0 Å². The van der Waals surface area contributed by atoms with Gasteiger partial charge in [0.2, 0.25) is 0 Å². The molecule has 6 heteroatoms. The Labute approximate surface area is 122 Å². The highest BCUT2D eigenvalue weighted by atomic mass is 32.1. The van der Waals surface area contributed by atoms with Gasteiger partial charge in [0.15, 0.2) is 0 Å². The first-order valence-corrected chi connectivity index (χ1v) is 7.68. The van der Waals surface area contributed by atoms with Crippen LogP contribution in [0.25, 0.3) is 0 Å². The van der Waals surface area contributed by atoms with Crippen LogP contribution in [-0.4, -0.2) is 28.6 Å². The smallest absolute Gasteiger partial charge is 0.129 e. The number of fused-ring (bicyclic) bond motifs is 1. The topological polar surface area (TPSA) is 59.9 Å². The Morgan fingerprint density at radius 2 is 2.30 bits per heavy atom. The number of ether oxygens (including phenoxy) is 1. The van der Waals surface area contributed by atoms with Gasteiger partial charge in [-0.2, -0.15) is 0 Å². The maximum absolute atomic E-state index is 5.06. The summed E-state index contributed by atoms with van der Waals surface area (Å²) in [7, 11) is 1.66. The summed E-state index contributed by atoms with van der Waals surface area (Å²) >= 11 is 1.86. The second-order valence-corrected chi connectivity index (χ2v) is 6.00. The minimum atomic E-state index is 0.510. The lowest BCUT2D eigenvalue weighted by molar-refractivity contribution is 0.181. The van der Waals surface area contributed by atoms with Gasteiger partial charge in [-0.25, -0.2) is 15.0 Å². The van der Waals surface area contributed by atoms with Crippen LogP contribution >= 0.6 is 11.3 Å². The third-order valence-corrected chi connectivity index (χ3v) is 4.52. The molecule has 1 aliphatic rings. The van der Waals surface area contributed by atoms with Crippen LogP contribution in [0, 0.1) is 0 Å². The summed E-state index contributed by atoms with van der Waals surface area (Å²) in [6.45, 7) is 1.35. The van der Waals surface area contributed by atoms with Crippen LogP contribution in [0.2, 0.25) is 0 Å². The van der Waals surface area contributed by atoms with Gasteiger partial charge in [-0.1, -0.05) is 0 Å².